The van der Waals surface area contributed by atoms with E-state index in [-0.39, 0.29) is 50.3 Å². The van der Waals surface area contributed by atoms with Gasteiger partial charge in [-0.1, -0.05) is 0 Å². The van der Waals surface area contributed by atoms with Crippen molar-refractivity contribution in [1.82, 2.24) is 0 Å². The minimum atomic E-state index is -0.297. The van der Waals surface area contributed by atoms with Gasteiger partial charge in [-0.2, -0.15) is 0 Å². The quantitative estimate of drug-likeness (QED) is 0.282. The summed E-state index contributed by atoms with van der Waals surface area (Å²) in [5, 5.41) is 0. The zero-order valence-corrected chi connectivity index (χ0v) is 13.4. The van der Waals surface area contributed by atoms with E-state index in [1.54, 1.807) is 12.1 Å². The second kappa shape index (κ2) is 12.7. The van der Waals surface area contributed by atoms with E-state index in [4.69, 9.17) is 18.9 Å². The third kappa shape index (κ3) is 8.98. The molecule has 20 heavy (non-hydrogen) atoms. The minimum absolute atomic E-state index is 0. The van der Waals surface area contributed by atoms with Crippen molar-refractivity contribution in [3.8, 4) is 11.5 Å². The standard InChI is InChI=1S/C14H20O4.2Li/c1-5-15-11(3)17-13-7-9-14(10-8-13)18-12(4)16-6-2;;/h7,10-12H,5-6H2,1-4H3;;/q-2;2*+1. The molecule has 0 aliphatic rings. The first-order chi connectivity index (χ1) is 8.65. The van der Waals surface area contributed by atoms with E-state index in [1.807, 2.05) is 27.7 Å². The van der Waals surface area contributed by atoms with Gasteiger partial charge in [0, 0.05) is 13.2 Å². The normalized spacial score (nSPS) is 12.6. The van der Waals surface area contributed by atoms with Gasteiger partial charge in [-0.15, -0.1) is 11.5 Å². The first-order valence-electron chi connectivity index (χ1n) is 6.15. The van der Waals surface area contributed by atoms with Crippen molar-refractivity contribution in [1.29, 1.82) is 0 Å². The van der Waals surface area contributed by atoms with Gasteiger partial charge in [0.2, 0.25) is 0 Å². The summed E-state index contributed by atoms with van der Waals surface area (Å²) in [6.07, 6.45) is -0.595. The first kappa shape index (κ1) is 22.2. The summed E-state index contributed by atoms with van der Waals surface area (Å²) in [7, 11) is 0. The molecule has 0 spiro atoms. The molecule has 4 nitrogen and oxygen atoms in total. The Kier molecular flexibility index (Phi) is 14.1. The Balaban J connectivity index is 0. The molecule has 2 atom stereocenters. The molecular weight excluding hydrogens is 246 g/mol. The summed E-state index contributed by atoms with van der Waals surface area (Å²) < 4.78 is 21.5. The summed E-state index contributed by atoms with van der Waals surface area (Å²) in [6, 6.07) is 9.26. The van der Waals surface area contributed by atoms with Gasteiger partial charge in [0.05, 0.1) is 0 Å². The summed E-state index contributed by atoms with van der Waals surface area (Å²) in [5.41, 5.74) is 0. The van der Waals surface area contributed by atoms with Crippen LogP contribution in [-0.2, 0) is 9.47 Å². The Morgan fingerprint density at radius 3 is 1.45 bits per heavy atom. The molecule has 0 aliphatic carbocycles. The van der Waals surface area contributed by atoms with E-state index >= 15 is 0 Å². The maximum absolute atomic E-state index is 5.47. The van der Waals surface area contributed by atoms with Gasteiger partial charge in [-0.3, -0.25) is 12.1 Å². The topological polar surface area (TPSA) is 36.9 Å². The van der Waals surface area contributed by atoms with Gasteiger partial charge in [0.15, 0.2) is 12.6 Å². The van der Waals surface area contributed by atoms with Crippen molar-refractivity contribution in [3.63, 3.8) is 0 Å². The van der Waals surface area contributed by atoms with E-state index in [0.717, 1.165) is 0 Å². The second-order valence-electron chi connectivity index (χ2n) is 3.59. The molecule has 0 saturated carbocycles. The van der Waals surface area contributed by atoms with Crippen molar-refractivity contribution >= 4 is 0 Å². The molecule has 0 N–H and O–H groups in total. The van der Waals surface area contributed by atoms with Crippen LogP contribution in [0.4, 0.5) is 0 Å². The molecule has 0 bridgehead atoms. The van der Waals surface area contributed by atoms with Gasteiger partial charge in [0.1, 0.15) is 0 Å². The SMILES string of the molecule is CCOC(C)Oc1[c-]cc(OC(C)OCC)[c-]c1.[Li+].[Li+]. The van der Waals surface area contributed by atoms with Gasteiger partial charge >= 0.3 is 37.7 Å². The van der Waals surface area contributed by atoms with Crippen molar-refractivity contribution in [2.75, 3.05) is 13.2 Å². The molecule has 0 heterocycles. The summed E-state index contributed by atoms with van der Waals surface area (Å²) in [4.78, 5) is 0. The van der Waals surface area contributed by atoms with Crippen LogP contribution in [0.1, 0.15) is 27.7 Å². The summed E-state index contributed by atoms with van der Waals surface area (Å²) in [5.74, 6) is 1.15. The van der Waals surface area contributed by atoms with Crippen LogP contribution in [0.3, 0.4) is 0 Å². The average molecular weight is 266 g/mol. The van der Waals surface area contributed by atoms with E-state index < -0.39 is 0 Å². The van der Waals surface area contributed by atoms with Gasteiger partial charge in [-0.25, -0.2) is 12.1 Å². The summed E-state index contributed by atoms with van der Waals surface area (Å²) in [6.45, 7) is 8.72. The third-order valence-corrected chi connectivity index (χ3v) is 2.08. The fraction of sp³-hybridized carbons (Fsp3) is 0.571. The minimum Gasteiger partial charge on any atom is -0.552 e. The van der Waals surface area contributed by atoms with Crippen molar-refractivity contribution in [3.05, 3.63) is 24.3 Å². The molecule has 2 unspecified atom stereocenters. The van der Waals surface area contributed by atoms with E-state index in [1.165, 1.54) is 0 Å². The second-order valence-corrected chi connectivity index (χ2v) is 3.59. The Labute approximate surface area is 145 Å². The van der Waals surface area contributed by atoms with Crippen molar-refractivity contribution < 1.29 is 56.7 Å². The van der Waals surface area contributed by atoms with E-state index in [9.17, 15) is 0 Å². The Morgan fingerprint density at radius 2 is 1.20 bits per heavy atom. The van der Waals surface area contributed by atoms with E-state index in [0.29, 0.717) is 24.7 Å². The molecule has 1 rings (SSSR count). The molecule has 0 saturated heterocycles. The van der Waals surface area contributed by atoms with Crippen LogP contribution in [-0.4, -0.2) is 25.8 Å². The largest absolute Gasteiger partial charge is 1.00 e. The van der Waals surface area contributed by atoms with Crippen LogP contribution in [0.5, 0.6) is 11.5 Å². The number of rotatable bonds is 8. The monoisotopic (exact) mass is 266 g/mol. The Morgan fingerprint density at radius 1 is 0.850 bits per heavy atom. The molecule has 0 amide bonds. The number of hydrogen-bond acceptors (Lipinski definition) is 4. The van der Waals surface area contributed by atoms with Crippen LogP contribution in [0.2, 0.25) is 0 Å². The number of hydrogen-bond donors (Lipinski definition) is 0. The maximum atomic E-state index is 5.47. The number of ether oxygens (including phenoxy) is 4. The maximum Gasteiger partial charge on any atom is 1.00 e. The van der Waals surface area contributed by atoms with Crippen LogP contribution in [0.25, 0.3) is 0 Å². The fourth-order valence-electron chi connectivity index (χ4n) is 1.39. The third-order valence-electron chi connectivity index (χ3n) is 2.08. The molecule has 1 aromatic rings. The van der Waals surface area contributed by atoms with Gasteiger partial charge < -0.3 is 18.9 Å². The molecule has 0 radical (unpaired) electrons. The molecule has 0 aliphatic heterocycles. The first-order valence-corrected chi connectivity index (χ1v) is 6.15. The van der Waals surface area contributed by atoms with Gasteiger partial charge in [0.25, 0.3) is 0 Å². The number of benzene rings is 1. The van der Waals surface area contributed by atoms with Crippen molar-refractivity contribution in [2.24, 2.45) is 0 Å². The predicted octanol–water partition coefficient (Wildman–Crippen LogP) is -3.18. The average Bonchev–Trinajstić information content (AvgIpc) is 2.32. The van der Waals surface area contributed by atoms with Gasteiger partial charge in [-0.05, 0) is 27.7 Å². The summed E-state index contributed by atoms with van der Waals surface area (Å²) >= 11 is 0. The molecule has 6 heteroatoms. The Hall–Kier alpha value is -0.0652. The molecule has 1 aromatic carbocycles. The fourth-order valence-corrected chi connectivity index (χ4v) is 1.39. The van der Waals surface area contributed by atoms with Crippen LogP contribution in [0, 0.1) is 12.1 Å². The van der Waals surface area contributed by atoms with E-state index in [2.05, 4.69) is 12.1 Å². The van der Waals surface area contributed by atoms with Crippen LogP contribution in [0.15, 0.2) is 12.1 Å². The zero-order valence-electron chi connectivity index (χ0n) is 13.4. The zero-order chi connectivity index (χ0) is 13.4. The van der Waals surface area contributed by atoms with Crippen LogP contribution < -0.4 is 47.2 Å². The molecule has 0 aromatic heterocycles. The molecular formula is C14H20Li2O4. The Bertz CT molecular complexity index is 299. The molecule has 0 fully saturated rings. The smallest absolute Gasteiger partial charge is 0.552 e. The predicted molar refractivity (Wildman–Crippen MR) is 67.5 cm³/mol. The molecule has 102 valence electrons. The van der Waals surface area contributed by atoms with Crippen molar-refractivity contribution in [2.45, 2.75) is 40.3 Å². The van der Waals surface area contributed by atoms with Crippen LogP contribution >= 0.6 is 0 Å².